The Morgan fingerprint density at radius 3 is 2.59 bits per heavy atom. The first-order valence-electron chi connectivity index (χ1n) is 8.74. The van der Waals surface area contributed by atoms with Crippen LogP contribution in [0.3, 0.4) is 0 Å². The summed E-state index contributed by atoms with van der Waals surface area (Å²) in [5, 5.41) is 2.04. The summed E-state index contributed by atoms with van der Waals surface area (Å²) in [6.07, 6.45) is 1.94. The number of nitrogens with one attached hydrogen (secondary N) is 2. The van der Waals surface area contributed by atoms with E-state index in [1.165, 1.54) is 11.5 Å². The highest BCUT2D eigenvalue weighted by Gasteiger charge is 2.07. The predicted octanol–water partition coefficient (Wildman–Crippen LogP) is 5.47. The lowest BCUT2D eigenvalue weighted by Crippen LogP contribution is -2.04. The molecule has 0 saturated heterocycles. The first-order valence-corrected chi connectivity index (χ1v) is 8.74. The van der Waals surface area contributed by atoms with Gasteiger partial charge in [0, 0.05) is 23.2 Å². The third-order valence-corrected chi connectivity index (χ3v) is 4.66. The number of benzene rings is 3. The van der Waals surface area contributed by atoms with E-state index in [4.69, 9.17) is 4.74 Å². The Morgan fingerprint density at radius 1 is 0.741 bits per heavy atom. The van der Waals surface area contributed by atoms with Crippen LogP contribution in [0.2, 0.25) is 0 Å². The Labute approximate surface area is 155 Å². The summed E-state index contributed by atoms with van der Waals surface area (Å²) in [4.78, 5) is 18.0. The zero-order valence-corrected chi connectivity index (χ0v) is 14.4. The number of aromatic amines is 2. The lowest BCUT2D eigenvalue weighted by atomic mass is 10.0. The second-order valence-corrected chi connectivity index (χ2v) is 6.45. The van der Waals surface area contributed by atoms with E-state index in [-0.39, 0.29) is 5.56 Å². The average Bonchev–Trinajstić information content (AvgIpc) is 3.16. The van der Waals surface area contributed by atoms with E-state index < -0.39 is 0 Å². The fraction of sp³-hybridized carbons (Fsp3) is 0. The van der Waals surface area contributed by atoms with Crippen LogP contribution in [-0.2, 0) is 0 Å². The van der Waals surface area contributed by atoms with Crippen LogP contribution in [0.15, 0.2) is 89.9 Å². The molecule has 2 heterocycles. The summed E-state index contributed by atoms with van der Waals surface area (Å²) in [6.45, 7) is 0. The van der Waals surface area contributed by atoms with Crippen LogP contribution < -0.4 is 10.3 Å². The van der Waals surface area contributed by atoms with E-state index in [1.54, 1.807) is 0 Å². The first kappa shape index (κ1) is 15.5. The number of fused-ring (bicyclic) bond motifs is 2. The lowest BCUT2D eigenvalue weighted by Gasteiger charge is -2.10. The van der Waals surface area contributed by atoms with Crippen LogP contribution >= 0.6 is 0 Å². The van der Waals surface area contributed by atoms with E-state index in [2.05, 4.69) is 40.3 Å². The molecule has 27 heavy (non-hydrogen) atoms. The van der Waals surface area contributed by atoms with Crippen LogP contribution in [0.4, 0.5) is 0 Å². The molecule has 0 atom stereocenters. The topological polar surface area (TPSA) is 57.9 Å². The van der Waals surface area contributed by atoms with Crippen molar-refractivity contribution in [1.29, 1.82) is 0 Å². The largest absolute Gasteiger partial charge is 0.456 e. The number of para-hydroxylation sites is 1. The standard InChI is InChI=1S/C23H16N2O2/c26-23-14-22(19-6-1-2-7-21(19)25-23)27-18-5-3-4-15(13-18)16-8-9-20-17(12-16)10-11-24-20/h1-14,24H,(H,25,26). The molecule has 0 aliphatic carbocycles. The van der Waals surface area contributed by atoms with Crippen molar-refractivity contribution in [3.8, 4) is 22.6 Å². The number of hydrogen-bond donors (Lipinski definition) is 2. The summed E-state index contributed by atoms with van der Waals surface area (Å²) in [5.41, 5.74) is 3.86. The minimum absolute atomic E-state index is 0.183. The first-order chi connectivity index (χ1) is 13.3. The van der Waals surface area contributed by atoms with Gasteiger partial charge in [-0.1, -0.05) is 30.3 Å². The van der Waals surface area contributed by atoms with Gasteiger partial charge in [-0.2, -0.15) is 0 Å². The van der Waals surface area contributed by atoms with Gasteiger partial charge in [0.25, 0.3) is 5.56 Å². The van der Waals surface area contributed by atoms with Crippen LogP contribution in [-0.4, -0.2) is 9.97 Å². The minimum Gasteiger partial charge on any atom is -0.456 e. The third kappa shape index (κ3) is 2.87. The van der Waals surface area contributed by atoms with Gasteiger partial charge >= 0.3 is 0 Å². The number of rotatable bonds is 3. The molecule has 0 bridgehead atoms. The maximum absolute atomic E-state index is 11.9. The van der Waals surface area contributed by atoms with Gasteiger partial charge in [-0.3, -0.25) is 4.79 Å². The van der Waals surface area contributed by atoms with Gasteiger partial charge in [-0.05, 0) is 59.0 Å². The summed E-state index contributed by atoms with van der Waals surface area (Å²) in [5.74, 6) is 1.24. The van der Waals surface area contributed by atoms with Crippen LogP contribution in [0, 0.1) is 0 Å². The summed E-state index contributed by atoms with van der Waals surface area (Å²) >= 11 is 0. The normalized spacial score (nSPS) is 11.1. The molecule has 5 rings (SSSR count). The van der Waals surface area contributed by atoms with Gasteiger partial charge in [-0.15, -0.1) is 0 Å². The molecule has 3 aromatic carbocycles. The van der Waals surface area contributed by atoms with Crippen LogP contribution in [0.1, 0.15) is 0 Å². The molecule has 0 radical (unpaired) electrons. The minimum atomic E-state index is -0.183. The second kappa shape index (κ2) is 6.18. The molecule has 5 aromatic rings. The summed E-state index contributed by atoms with van der Waals surface area (Å²) < 4.78 is 6.08. The Hall–Kier alpha value is -3.79. The number of ether oxygens (including phenoxy) is 1. The summed E-state index contributed by atoms with van der Waals surface area (Å²) in [7, 11) is 0. The predicted molar refractivity (Wildman–Crippen MR) is 108 cm³/mol. The highest BCUT2D eigenvalue weighted by Crippen LogP contribution is 2.31. The Bertz CT molecular complexity index is 1330. The molecule has 0 spiro atoms. The van der Waals surface area contributed by atoms with Crippen molar-refractivity contribution in [1.82, 2.24) is 9.97 Å². The van der Waals surface area contributed by atoms with Gasteiger partial charge in [0.1, 0.15) is 11.5 Å². The molecule has 4 nitrogen and oxygen atoms in total. The van der Waals surface area contributed by atoms with Crippen molar-refractivity contribution in [3.63, 3.8) is 0 Å². The number of pyridine rings is 1. The summed E-state index contributed by atoms with van der Waals surface area (Å²) in [6, 6.07) is 25.4. The molecule has 0 aliphatic heterocycles. The molecule has 0 saturated carbocycles. The Morgan fingerprint density at radius 2 is 1.63 bits per heavy atom. The Kier molecular flexibility index (Phi) is 3.54. The smallest absolute Gasteiger partial charge is 0.252 e. The number of aromatic nitrogens is 2. The maximum atomic E-state index is 11.9. The molecular weight excluding hydrogens is 336 g/mol. The van der Waals surface area contributed by atoms with Crippen molar-refractivity contribution >= 4 is 21.8 Å². The van der Waals surface area contributed by atoms with Crippen LogP contribution in [0.5, 0.6) is 11.5 Å². The van der Waals surface area contributed by atoms with Crippen molar-refractivity contribution in [2.75, 3.05) is 0 Å². The molecule has 4 heteroatoms. The van der Waals surface area contributed by atoms with E-state index in [0.717, 1.165) is 27.5 Å². The molecular formula is C23H16N2O2. The van der Waals surface area contributed by atoms with E-state index >= 15 is 0 Å². The lowest BCUT2D eigenvalue weighted by molar-refractivity contribution is 0.487. The van der Waals surface area contributed by atoms with Gasteiger partial charge in [-0.25, -0.2) is 0 Å². The number of hydrogen-bond acceptors (Lipinski definition) is 2. The van der Waals surface area contributed by atoms with Gasteiger partial charge in [0.05, 0.1) is 5.52 Å². The molecule has 2 N–H and O–H groups in total. The SMILES string of the molecule is O=c1cc(Oc2cccc(-c3ccc4[nH]ccc4c3)c2)c2ccccc2[nH]1. The fourth-order valence-electron chi connectivity index (χ4n) is 3.36. The van der Waals surface area contributed by atoms with Gasteiger partial charge < -0.3 is 14.7 Å². The molecule has 0 amide bonds. The zero-order chi connectivity index (χ0) is 18.2. The third-order valence-electron chi connectivity index (χ3n) is 4.66. The Balaban J connectivity index is 1.55. The molecule has 130 valence electrons. The quantitative estimate of drug-likeness (QED) is 0.452. The van der Waals surface area contributed by atoms with Gasteiger partial charge in [0.15, 0.2) is 0 Å². The average molecular weight is 352 g/mol. The maximum Gasteiger partial charge on any atom is 0.252 e. The molecule has 0 fully saturated rings. The second-order valence-electron chi connectivity index (χ2n) is 6.45. The molecule has 0 unspecified atom stereocenters. The van der Waals surface area contributed by atoms with Crippen molar-refractivity contribution in [2.24, 2.45) is 0 Å². The van der Waals surface area contributed by atoms with Crippen molar-refractivity contribution in [2.45, 2.75) is 0 Å². The van der Waals surface area contributed by atoms with Crippen molar-refractivity contribution < 1.29 is 4.74 Å². The highest BCUT2D eigenvalue weighted by molar-refractivity contribution is 5.86. The van der Waals surface area contributed by atoms with E-state index in [9.17, 15) is 4.79 Å². The van der Waals surface area contributed by atoms with Crippen molar-refractivity contribution in [3.05, 3.63) is 95.4 Å². The van der Waals surface area contributed by atoms with E-state index in [0.29, 0.717) is 11.5 Å². The van der Waals surface area contributed by atoms with E-state index in [1.807, 2.05) is 48.7 Å². The molecule has 0 aliphatic rings. The zero-order valence-electron chi connectivity index (χ0n) is 14.4. The molecule has 2 aromatic heterocycles. The monoisotopic (exact) mass is 352 g/mol. The highest BCUT2D eigenvalue weighted by atomic mass is 16.5. The fourth-order valence-corrected chi connectivity index (χ4v) is 3.36. The van der Waals surface area contributed by atoms with Gasteiger partial charge in [0.2, 0.25) is 0 Å². The van der Waals surface area contributed by atoms with Crippen LogP contribution in [0.25, 0.3) is 32.9 Å². The number of H-pyrrole nitrogens is 2.